The predicted octanol–water partition coefficient (Wildman–Crippen LogP) is -0.657. The van der Waals surface area contributed by atoms with E-state index < -0.39 is 6.09 Å². The Morgan fingerprint density at radius 1 is 1.13 bits per heavy atom. The number of hydrogen-bond donors (Lipinski definition) is 2. The highest BCUT2D eigenvalue weighted by Crippen LogP contribution is 2.24. The van der Waals surface area contributed by atoms with Crippen molar-refractivity contribution < 1.29 is 31.6 Å². The van der Waals surface area contributed by atoms with Crippen LogP contribution in [0.1, 0.15) is 32.6 Å². The maximum absolute atomic E-state index is 11.8. The van der Waals surface area contributed by atoms with Gasteiger partial charge in [0.1, 0.15) is 18.9 Å². The van der Waals surface area contributed by atoms with Gasteiger partial charge in [0.25, 0.3) is 0 Å². The third-order valence-electron chi connectivity index (χ3n) is 3.21. The minimum Gasteiger partial charge on any atom is -1.00 e. The van der Waals surface area contributed by atoms with Gasteiger partial charge in [-0.1, -0.05) is 38.3 Å². The lowest BCUT2D eigenvalue weighted by atomic mass is 10.2. The van der Waals surface area contributed by atoms with Crippen LogP contribution in [0, 0.1) is 0 Å². The summed E-state index contributed by atoms with van der Waals surface area (Å²) in [6.07, 6.45) is 4.18. The highest BCUT2D eigenvalue weighted by atomic mass is 35.5. The fraction of sp³-hybridized carbons (Fsp3) is 0.588. The number of para-hydroxylation sites is 2. The number of unbranched alkanes of at least 4 members (excludes halogenated alkanes) is 3. The number of halogens is 1. The molecule has 0 saturated heterocycles. The molecule has 0 fully saturated rings. The van der Waals surface area contributed by atoms with Gasteiger partial charge in [-0.25, -0.2) is 4.79 Å². The number of hydrogen-bond acceptors (Lipinski definition) is 3. The molecule has 5 nitrogen and oxygen atoms in total. The summed E-state index contributed by atoms with van der Waals surface area (Å²) >= 11 is 0. The monoisotopic (exact) mass is 344 g/mol. The molecule has 0 heterocycles. The summed E-state index contributed by atoms with van der Waals surface area (Å²) in [5.74, 6) is 0.689. The summed E-state index contributed by atoms with van der Waals surface area (Å²) in [6.45, 7) is 4.03. The lowest BCUT2D eigenvalue weighted by Gasteiger charge is -2.13. The fourth-order valence-electron chi connectivity index (χ4n) is 1.90. The molecule has 0 radical (unpaired) electrons. The molecule has 0 saturated carbocycles. The topological polar surface area (TPSA) is 52.0 Å². The van der Waals surface area contributed by atoms with Crippen LogP contribution in [0.25, 0.3) is 0 Å². The molecule has 0 spiro atoms. The first kappa shape index (κ1) is 21.5. The van der Waals surface area contributed by atoms with Crippen LogP contribution < -0.4 is 27.4 Å². The Labute approximate surface area is 145 Å². The van der Waals surface area contributed by atoms with Gasteiger partial charge in [-0.15, -0.1) is 0 Å². The number of carbonyl (C=O) groups excluding carboxylic acids is 1. The highest BCUT2D eigenvalue weighted by Gasteiger charge is 2.08. The van der Waals surface area contributed by atoms with Crippen LogP contribution in [0.15, 0.2) is 24.3 Å². The van der Waals surface area contributed by atoms with Crippen molar-refractivity contribution in [3.8, 4) is 5.75 Å². The molecule has 0 atom stereocenters. The van der Waals surface area contributed by atoms with Crippen molar-refractivity contribution in [2.75, 3.05) is 39.2 Å². The van der Waals surface area contributed by atoms with Gasteiger partial charge in [0.15, 0.2) is 0 Å². The van der Waals surface area contributed by atoms with Crippen molar-refractivity contribution in [3.05, 3.63) is 24.3 Å². The first-order chi connectivity index (χ1) is 10.6. The minimum absolute atomic E-state index is 0. The SMILES string of the molecule is CCCCCCOc1ccccc1NC(=O)OCC[NH+](C)C.[Cl-]. The molecule has 1 amide bonds. The lowest BCUT2D eigenvalue weighted by molar-refractivity contribution is -0.858. The molecule has 0 aliphatic rings. The Balaban J connectivity index is 0.00000484. The Hall–Kier alpha value is -1.46. The van der Waals surface area contributed by atoms with E-state index in [4.69, 9.17) is 9.47 Å². The molecule has 6 heteroatoms. The van der Waals surface area contributed by atoms with Crippen molar-refractivity contribution in [1.82, 2.24) is 0 Å². The molecule has 1 rings (SSSR count). The van der Waals surface area contributed by atoms with E-state index >= 15 is 0 Å². The number of carbonyl (C=O) groups is 1. The first-order valence-corrected chi connectivity index (χ1v) is 8.08. The van der Waals surface area contributed by atoms with Crippen LogP contribution >= 0.6 is 0 Å². The normalized spacial score (nSPS) is 10.1. The average molecular weight is 345 g/mol. The maximum atomic E-state index is 11.8. The maximum Gasteiger partial charge on any atom is 0.411 e. The predicted molar refractivity (Wildman–Crippen MR) is 88.7 cm³/mol. The molecule has 23 heavy (non-hydrogen) atoms. The number of quaternary nitrogens is 1. The molecule has 132 valence electrons. The summed E-state index contributed by atoms with van der Waals surface area (Å²) in [6, 6.07) is 7.44. The zero-order valence-corrected chi connectivity index (χ0v) is 15.1. The van der Waals surface area contributed by atoms with Gasteiger partial charge in [0.2, 0.25) is 0 Å². The van der Waals surface area contributed by atoms with Gasteiger partial charge in [0.05, 0.1) is 26.4 Å². The second kappa shape index (κ2) is 13.0. The van der Waals surface area contributed by atoms with Crippen molar-refractivity contribution in [3.63, 3.8) is 0 Å². The van der Waals surface area contributed by atoms with Gasteiger partial charge in [-0.2, -0.15) is 0 Å². The van der Waals surface area contributed by atoms with E-state index in [1.54, 1.807) is 0 Å². The highest BCUT2D eigenvalue weighted by molar-refractivity contribution is 5.86. The molecule has 0 aliphatic carbocycles. The average Bonchev–Trinajstić information content (AvgIpc) is 2.48. The van der Waals surface area contributed by atoms with Gasteiger partial charge in [-0.3, -0.25) is 5.32 Å². The van der Waals surface area contributed by atoms with Gasteiger partial charge < -0.3 is 26.8 Å². The standard InChI is InChI=1S/C17H28N2O3.ClH/c1-4-5-6-9-13-21-16-11-8-7-10-15(16)18-17(20)22-14-12-19(2)3;/h7-8,10-11H,4-6,9,12-14H2,1-3H3,(H,18,20);1H. The Morgan fingerprint density at radius 3 is 2.57 bits per heavy atom. The van der Waals surface area contributed by atoms with E-state index in [1.807, 2.05) is 38.4 Å². The van der Waals surface area contributed by atoms with Crippen LogP contribution in [0.5, 0.6) is 5.75 Å². The third kappa shape index (κ3) is 10.0. The molecule has 2 N–H and O–H groups in total. The lowest BCUT2D eigenvalue weighted by Crippen LogP contribution is -3.06. The number of ether oxygens (including phenoxy) is 2. The first-order valence-electron chi connectivity index (χ1n) is 8.08. The van der Waals surface area contributed by atoms with Crippen LogP contribution in [0.4, 0.5) is 10.5 Å². The van der Waals surface area contributed by atoms with Crippen molar-refractivity contribution >= 4 is 11.8 Å². The fourth-order valence-corrected chi connectivity index (χ4v) is 1.90. The minimum atomic E-state index is -0.441. The van der Waals surface area contributed by atoms with Gasteiger partial charge >= 0.3 is 6.09 Å². The third-order valence-corrected chi connectivity index (χ3v) is 3.21. The van der Waals surface area contributed by atoms with E-state index in [0.717, 1.165) is 13.0 Å². The molecular formula is C17H29ClN2O3. The number of anilines is 1. The van der Waals surface area contributed by atoms with E-state index in [9.17, 15) is 4.79 Å². The van der Waals surface area contributed by atoms with E-state index in [0.29, 0.717) is 24.7 Å². The Morgan fingerprint density at radius 2 is 1.87 bits per heavy atom. The number of rotatable bonds is 10. The molecule has 1 aromatic carbocycles. The zero-order valence-electron chi connectivity index (χ0n) is 14.4. The summed E-state index contributed by atoms with van der Waals surface area (Å²) in [4.78, 5) is 13.0. The van der Waals surface area contributed by atoms with Crippen molar-refractivity contribution in [2.45, 2.75) is 32.6 Å². The van der Waals surface area contributed by atoms with Crippen LogP contribution in [0.2, 0.25) is 0 Å². The molecule has 1 aromatic rings. The van der Waals surface area contributed by atoms with E-state index in [-0.39, 0.29) is 12.4 Å². The second-order valence-corrected chi connectivity index (χ2v) is 5.62. The zero-order chi connectivity index (χ0) is 16.2. The van der Waals surface area contributed by atoms with Crippen molar-refractivity contribution in [2.24, 2.45) is 0 Å². The van der Waals surface area contributed by atoms with Crippen molar-refractivity contribution in [1.29, 1.82) is 0 Å². The molecule has 0 aromatic heterocycles. The van der Waals surface area contributed by atoms with Crippen LogP contribution in [0.3, 0.4) is 0 Å². The number of nitrogens with one attached hydrogen (secondary N) is 2. The van der Waals surface area contributed by atoms with E-state index in [2.05, 4.69) is 12.2 Å². The number of likely N-dealkylation sites (N-methyl/N-ethyl adjacent to an activating group) is 1. The molecule has 0 aliphatic heterocycles. The number of amides is 1. The summed E-state index contributed by atoms with van der Waals surface area (Å²) in [5.41, 5.74) is 0.653. The summed E-state index contributed by atoms with van der Waals surface area (Å²) < 4.78 is 10.9. The summed E-state index contributed by atoms with van der Waals surface area (Å²) in [7, 11) is 4.03. The Kier molecular flexibility index (Phi) is 12.2. The number of benzene rings is 1. The quantitative estimate of drug-likeness (QED) is 0.554. The van der Waals surface area contributed by atoms with Gasteiger partial charge in [-0.05, 0) is 18.6 Å². The van der Waals surface area contributed by atoms with Gasteiger partial charge in [0, 0.05) is 0 Å². The van der Waals surface area contributed by atoms with Crippen LogP contribution in [-0.2, 0) is 4.74 Å². The molecular weight excluding hydrogens is 316 g/mol. The molecule has 0 bridgehead atoms. The smallest absolute Gasteiger partial charge is 0.411 e. The summed E-state index contributed by atoms with van der Waals surface area (Å²) in [5, 5.41) is 2.74. The second-order valence-electron chi connectivity index (χ2n) is 5.62. The largest absolute Gasteiger partial charge is 1.00 e. The van der Waals surface area contributed by atoms with E-state index in [1.165, 1.54) is 24.2 Å². The van der Waals surface area contributed by atoms with Crippen LogP contribution in [-0.4, -0.2) is 39.9 Å². The Bertz CT molecular complexity index is 442. The molecule has 0 unspecified atom stereocenters.